The van der Waals surface area contributed by atoms with Crippen molar-refractivity contribution in [3.63, 3.8) is 0 Å². The van der Waals surface area contributed by atoms with Crippen LogP contribution in [0.1, 0.15) is 34.1 Å². The Balaban J connectivity index is 2.68. The Labute approximate surface area is 96.1 Å². The topological polar surface area (TPSA) is 34.1 Å². The number of carbonyl (C=O) groups excluding carboxylic acids is 2. The normalized spacial score (nSPS) is 14.9. The van der Waals surface area contributed by atoms with E-state index >= 15 is 0 Å². The Hall–Kier alpha value is -1.22. The van der Waals surface area contributed by atoms with E-state index in [0.717, 1.165) is 0 Å². The highest BCUT2D eigenvalue weighted by atomic mass is 79.9. The molecule has 0 aliphatic heterocycles. The van der Waals surface area contributed by atoms with Gasteiger partial charge in [0.25, 0.3) is 0 Å². The minimum atomic E-state index is -0.0808. The van der Waals surface area contributed by atoms with E-state index in [9.17, 15) is 9.59 Å². The third-order valence-corrected chi connectivity index (χ3v) is 3.14. The van der Waals surface area contributed by atoms with Crippen molar-refractivity contribution in [2.45, 2.75) is 13.3 Å². The molecule has 0 heterocycles. The van der Waals surface area contributed by atoms with Crippen molar-refractivity contribution >= 4 is 27.5 Å². The minimum Gasteiger partial charge on any atom is -0.289 e. The molecular weight excluding hydrogens is 256 g/mol. The summed E-state index contributed by atoms with van der Waals surface area (Å²) in [5.74, 6) is -0.123. The van der Waals surface area contributed by atoms with Crippen LogP contribution in [0, 0.1) is 0 Å². The van der Waals surface area contributed by atoms with Gasteiger partial charge in [-0.3, -0.25) is 9.59 Å². The van der Waals surface area contributed by atoms with Gasteiger partial charge in [0, 0.05) is 21.2 Å². The molecule has 2 rings (SSSR count). The van der Waals surface area contributed by atoms with Crippen LogP contribution in [0.15, 0.2) is 34.3 Å². The van der Waals surface area contributed by atoms with E-state index in [2.05, 4.69) is 15.9 Å². The zero-order valence-electron chi connectivity index (χ0n) is 8.21. The average Bonchev–Trinajstić information content (AvgIpc) is 2.23. The third-order valence-electron chi connectivity index (χ3n) is 2.48. The van der Waals surface area contributed by atoms with Crippen LogP contribution >= 0.6 is 15.9 Å². The molecular formula is C12H9BrO2. The fraction of sp³-hybridized carbons (Fsp3) is 0.167. The molecule has 0 amide bonds. The third kappa shape index (κ3) is 1.57. The lowest BCUT2D eigenvalue weighted by Gasteiger charge is -2.14. The zero-order valence-corrected chi connectivity index (χ0v) is 9.80. The van der Waals surface area contributed by atoms with Crippen molar-refractivity contribution in [3.05, 3.63) is 45.4 Å². The van der Waals surface area contributed by atoms with Gasteiger partial charge in [-0.1, -0.05) is 35.0 Å². The second-order valence-corrected chi connectivity index (χ2v) is 4.23. The van der Waals surface area contributed by atoms with Crippen LogP contribution in [0.25, 0.3) is 0 Å². The van der Waals surface area contributed by atoms with Gasteiger partial charge < -0.3 is 0 Å². The van der Waals surface area contributed by atoms with E-state index in [1.165, 1.54) is 6.08 Å². The largest absolute Gasteiger partial charge is 0.289 e. The minimum absolute atomic E-state index is 0.0421. The Morgan fingerprint density at radius 1 is 1.27 bits per heavy atom. The van der Waals surface area contributed by atoms with Crippen LogP contribution in [0.4, 0.5) is 0 Å². The Bertz CT molecular complexity index is 486. The van der Waals surface area contributed by atoms with Crippen molar-refractivity contribution in [2.24, 2.45) is 0 Å². The molecule has 1 aromatic carbocycles. The number of ketones is 2. The molecule has 0 radical (unpaired) electrons. The van der Waals surface area contributed by atoms with E-state index in [1.54, 1.807) is 18.2 Å². The van der Waals surface area contributed by atoms with E-state index in [-0.39, 0.29) is 11.6 Å². The molecule has 0 N–H and O–H groups in total. The number of fused-ring (bicyclic) bond motifs is 1. The number of hydrogen-bond acceptors (Lipinski definition) is 2. The maximum Gasteiger partial charge on any atom is 0.191 e. The maximum absolute atomic E-state index is 12.0. The summed E-state index contributed by atoms with van der Waals surface area (Å²) in [5.41, 5.74) is 1.58. The second-order valence-electron chi connectivity index (χ2n) is 3.38. The van der Waals surface area contributed by atoms with E-state index in [0.29, 0.717) is 27.6 Å². The number of hydrogen-bond donors (Lipinski definition) is 0. The van der Waals surface area contributed by atoms with Crippen molar-refractivity contribution in [3.8, 4) is 0 Å². The number of allylic oxidation sites excluding steroid dienone is 2. The first-order chi connectivity index (χ1) is 7.15. The van der Waals surface area contributed by atoms with Crippen molar-refractivity contribution in [1.29, 1.82) is 0 Å². The Morgan fingerprint density at radius 2 is 2.00 bits per heavy atom. The molecule has 0 saturated carbocycles. The van der Waals surface area contributed by atoms with Gasteiger partial charge in [0.1, 0.15) is 0 Å². The van der Waals surface area contributed by atoms with Crippen LogP contribution < -0.4 is 0 Å². The Kier molecular flexibility index (Phi) is 2.57. The quantitative estimate of drug-likeness (QED) is 0.781. The van der Waals surface area contributed by atoms with Gasteiger partial charge in [-0.15, -0.1) is 0 Å². The summed E-state index contributed by atoms with van der Waals surface area (Å²) < 4.78 is 0.692. The molecule has 1 aliphatic rings. The summed E-state index contributed by atoms with van der Waals surface area (Å²) in [6.07, 6.45) is 2.03. The van der Waals surface area contributed by atoms with Crippen LogP contribution in [0.5, 0.6) is 0 Å². The number of Topliss-reactive ketones (excluding diaryl/α,β-unsaturated/α-hetero) is 1. The zero-order chi connectivity index (χ0) is 11.0. The van der Waals surface area contributed by atoms with Gasteiger partial charge in [0.15, 0.2) is 11.6 Å². The molecule has 0 spiro atoms. The van der Waals surface area contributed by atoms with Gasteiger partial charge in [0.2, 0.25) is 0 Å². The Morgan fingerprint density at radius 3 is 2.67 bits per heavy atom. The van der Waals surface area contributed by atoms with Gasteiger partial charge in [-0.05, 0) is 18.6 Å². The lowest BCUT2D eigenvalue weighted by molar-refractivity contribution is 0.0981. The maximum atomic E-state index is 12.0. The summed E-state index contributed by atoms with van der Waals surface area (Å²) in [7, 11) is 0. The highest BCUT2D eigenvalue weighted by Crippen LogP contribution is 2.28. The molecule has 0 bridgehead atoms. The van der Waals surface area contributed by atoms with Gasteiger partial charge in [-0.2, -0.15) is 0 Å². The van der Waals surface area contributed by atoms with Crippen molar-refractivity contribution in [2.75, 3.05) is 0 Å². The monoisotopic (exact) mass is 264 g/mol. The van der Waals surface area contributed by atoms with Crippen LogP contribution in [-0.4, -0.2) is 11.6 Å². The smallest absolute Gasteiger partial charge is 0.191 e. The summed E-state index contributed by atoms with van der Waals surface area (Å²) >= 11 is 3.31. The number of rotatable bonds is 1. The summed E-state index contributed by atoms with van der Waals surface area (Å²) in [4.78, 5) is 23.7. The lowest BCUT2D eigenvalue weighted by Crippen LogP contribution is -2.17. The van der Waals surface area contributed by atoms with E-state index < -0.39 is 0 Å². The molecule has 1 aliphatic carbocycles. The second kappa shape index (κ2) is 3.74. The first-order valence-corrected chi connectivity index (χ1v) is 5.52. The summed E-state index contributed by atoms with van der Waals surface area (Å²) in [6.45, 7) is 1.87. The lowest BCUT2D eigenvalue weighted by atomic mass is 9.88. The molecule has 0 unspecified atom stereocenters. The molecule has 3 heteroatoms. The molecule has 1 aromatic rings. The van der Waals surface area contributed by atoms with Crippen LogP contribution in [0.2, 0.25) is 0 Å². The molecule has 0 atom stereocenters. The molecule has 0 aromatic heterocycles. The number of halogens is 1. The van der Waals surface area contributed by atoms with Gasteiger partial charge in [0.05, 0.1) is 0 Å². The van der Waals surface area contributed by atoms with Gasteiger partial charge in [-0.25, -0.2) is 0 Å². The van der Waals surface area contributed by atoms with Crippen molar-refractivity contribution in [1.82, 2.24) is 0 Å². The fourth-order valence-corrected chi connectivity index (χ4v) is 2.23. The summed E-state index contributed by atoms with van der Waals surface area (Å²) in [5, 5.41) is 0. The highest BCUT2D eigenvalue weighted by Gasteiger charge is 2.25. The highest BCUT2D eigenvalue weighted by molar-refractivity contribution is 9.10. The molecule has 0 saturated heterocycles. The van der Waals surface area contributed by atoms with E-state index in [1.807, 2.05) is 6.92 Å². The first-order valence-electron chi connectivity index (χ1n) is 4.73. The molecule has 15 heavy (non-hydrogen) atoms. The van der Waals surface area contributed by atoms with Gasteiger partial charge >= 0.3 is 0 Å². The summed E-state index contributed by atoms with van der Waals surface area (Å²) in [6, 6.07) is 5.23. The molecule has 76 valence electrons. The first kappa shape index (κ1) is 10.3. The van der Waals surface area contributed by atoms with E-state index in [4.69, 9.17) is 0 Å². The average molecular weight is 265 g/mol. The number of benzene rings is 1. The van der Waals surface area contributed by atoms with Crippen LogP contribution in [0.3, 0.4) is 0 Å². The predicted molar refractivity (Wildman–Crippen MR) is 61.2 cm³/mol. The standard InChI is InChI=1S/C12H9BrO2/c1-2-7-6-10(14)8-4-3-5-9(13)11(8)12(7)15/h3-6H,2H2,1H3. The SMILES string of the molecule is CCC1=CC(=O)c2cccc(Br)c2C1=O. The number of carbonyl (C=O) groups is 2. The van der Waals surface area contributed by atoms with Crippen molar-refractivity contribution < 1.29 is 9.59 Å². The van der Waals surface area contributed by atoms with Crippen LogP contribution in [-0.2, 0) is 0 Å². The molecule has 0 fully saturated rings. The predicted octanol–water partition coefficient (Wildman–Crippen LogP) is 3.16. The molecule has 2 nitrogen and oxygen atoms in total. The fourth-order valence-electron chi connectivity index (χ4n) is 1.68.